The molecule has 9 heteroatoms. The largest absolute Gasteiger partial charge is 0.481 e. The molecule has 0 saturated heterocycles. The molecule has 3 rings (SSSR count). The Kier molecular flexibility index (Phi) is 11.3. The number of carbonyl (C=O) groups excluding carboxylic acids is 4. The van der Waals surface area contributed by atoms with Gasteiger partial charge in [-0.3, -0.25) is 24.0 Å². The van der Waals surface area contributed by atoms with Gasteiger partial charge in [0, 0.05) is 31.6 Å². The quantitative estimate of drug-likeness (QED) is 0.210. The van der Waals surface area contributed by atoms with Gasteiger partial charge in [0.05, 0.1) is 6.04 Å². The second-order valence-electron chi connectivity index (χ2n) is 9.97. The monoisotopic (exact) mass is 557 g/mol. The first-order valence-electron chi connectivity index (χ1n) is 13.5. The maximum Gasteiger partial charge on any atom is 0.303 e. The highest BCUT2D eigenvalue weighted by Gasteiger charge is 2.27. The fraction of sp³-hybridized carbons (Fsp3) is 0.281. The number of aliphatic carboxylic acids is 1. The number of nitrogens with one attached hydrogen (secondary N) is 1. The zero-order chi connectivity index (χ0) is 29.8. The third kappa shape index (κ3) is 10.0. The molecule has 0 aliphatic carbocycles. The van der Waals surface area contributed by atoms with Gasteiger partial charge in [0.15, 0.2) is 5.78 Å². The number of carboxylic acid groups (broad SMARTS) is 1. The van der Waals surface area contributed by atoms with Crippen molar-refractivity contribution < 1.29 is 29.1 Å². The Morgan fingerprint density at radius 2 is 1.22 bits per heavy atom. The molecule has 0 aliphatic rings. The molecule has 0 unspecified atom stereocenters. The molecular formula is C32H35N3O6. The molecule has 9 nitrogen and oxygen atoms in total. The first-order chi connectivity index (χ1) is 19.6. The molecule has 6 N–H and O–H groups in total. The van der Waals surface area contributed by atoms with Crippen LogP contribution >= 0.6 is 0 Å². The molecule has 0 aromatic heterocycles. The standard InChI is InChI=1S/C32H35N3O6/c33-29(37)17-15-26(32(34)41)20-28(36)27(16-19-31(39)40)35-30(38)18-8-21-6-9-23(10-7-21)25-13-11-24(12-14-25)22-4-2-1-3-5-22/h1-7,9-14,26-27H,8,15-20H2,(H2,33,37)(H2,34,41)(H,35,38)(H,39,40)/t26-,27+/m1/s1. The van der Waals surface area contributed by atoms with E-state index < -0.39 is 41.4 Å². The minimum Gasteiger partial charge on any atom is -0.481 e. The second kappa shape index (κ2) is 15.1. The third-order valence-electron chi connectivity index (χ3n) is 6.88. The van der Waals surface area contributed by atoms with Crippen molar-refractivity contribution in [2.75, 3.05) is 0 Å². The lowest BCUT2D eigenvalue weighted by atomic mass is 9.92. The average Bonchev–Trinajstić information content (AvgIpc) is 2.96. The van der Waals surface area contributed by atoms with E-state index in [9.17, 15) is 24.0 Å². The average molecular weight is 558 g/mol. The number of hydrogen-bond donors (Lipinski definition) is 4. The number of amides is 3. The summed E-state index contributed by atoms with van der Waals surface area (Å²) < 4.78 is 0. The van der Waals surface area contributed by atoms with Crippen molar-refractivity contribution in [2.24, 2.45) is 17.4 Å². The Morgan fingerprint density at radius 1 is 0.683 bits per heavy atom. The van der Waals surface area contributed by atoms with Gasteiger partial charge in [0.25, 0.3) is 0 Å². The summed E-state index contributed by atoms with van der Waals surface area (Å²) in [5.74, 6) is -4.39. The molecule has 0 aliphatic heterocycles. The SMILES string of the molecule is NC(=O)CC[C@H](CC(=O)[C@H](CCC(=O)O)NC(=O)CCc1ccc(-c2ccc(-c3ccccc3)cc2)cc1)C(N)=O. The van der Waals surface area contributed by atoms with Gasteiger partial charge >= 0.3 is 5.97 Å². The van der Waals surface area contributed by atoms with Gasteiger partial charge in [-0.05, 0) is 47.1 Å². The Labute approximate surface area is 238 Å². The first-order valence-corrected chi connectivity index (χ1v) is 13.5. The molecule has 0 spiro atoms. The summed E-state index contributed by atoms with van der Waals surface area (Å²) >= 11 is 0. The molecule has 0 radical (unpaired) electrons. The van der Waals surface area contributed by atoms with E-state index in [0.29, 0.717) is 6.42 Å². The van der Waals surface area contributed by atoms with Gasteiger partial charge in [-0.25, -0.2) is 0 Å². The molecule has 3 aromatic carbocycles. The predicted molar refractivity (Wildman–Crippen MR) is 155 cm³/mol. The summed E-state index contributed by atoms with van der Waals surface area (Å²) in [5, 5.41) is 11.7. The van der Waals surface area contributed by atoms with Gasteiger partial charge in [0.2, 0.25) is 17.7 Å². The van der Waals surface area contributed by atoms with Gasteiger partial charge in [0.1, 0.15) is 0 Å². The summed E-state index contributed by atoms with van der Waals surface area (Å²) in [6.07, 6.45) is -0.398. The predicted octanol–water partition coefficient (Wildman–Crippen LogP) is 3.63. The Bertz CT molecular complexity index is 1350. The van der Waals surface area contributed by atoms with E-state index in [1.54, 1.807) is 0 Å². The molecule has 3 aromatic rings. The van der Waals surface area contributed by atoms with Crippen molar-refractivity contribution in [3.63, 3.8) is 0 Å². The van der Waals surface area contributed by atoms with Gasteiger partial charge in [-0.1, -0.05) is 78.9 Å². The van der Waals surface area contributed by atoms with Crippen LogP contribution in [0, 0.1) is 5.92 Å². The van der Waals surface area contributed by atoms with E-state index in [2.05, 4.69) is 41.7 Å². The van der Waals surface area contributed by atoms with Crippen molar-refractivity contribution in [1.82, 2.24) is 5.32 Å². The van der Waals surface area contributed by atoms with Gasteiger partial charge in [-0.2, -0.15) is 0 Å². The number of Topliss-reactive ketones (excluding diaryl/α,β-unsaturated/α-hetero) is 1. The maximum absolute atomic E-state index is 12.9. The number of carboxylic acids is 1. The number of hydrogen-bond acceptors (Lipinski definition) is 5. The van der Waals surface area contributed by atoms with E-state index in [1.165, 1.54) is 0 Å². The normalized spacial score (nSPS) is 12.2. The lowest BCUT2D eigenvalue weighted by molar-refractivity contribution is -0.138. The highest BCUT2D eigenvalue weighted by Crippen LogP contribution is 2.25. The number of rotatable bonds is 16. The summed E-state index contributed by atoms with van der Waals surface area (Å²) in [5.41, 5.74) is 15.8. The molecule has 0 saturated carbocycles. The highest BCUT2D eigenvalue weighted by atomic mass is 16.4. The zero-order valence-electron chi connectivity index (χ0n) is 22.8. The molecule has 3 amide bonds. The van der Waals surface area contributed by atoms with Crippen LogP contribution in [-0.2, 0) is 30.4 Å². The summed E-state index contributed by atoms with van der Waals surface area (Å²) in [6, 6.07) is 25.2. The summed E-state index contributed by atoms with van der Waals surface area (Å²) in [7, 11) is 0. The van der Waals surface area contributed by atoms with Crippen LogP contribution in [0.3, 0.4) is 0 Å². The van der Waals surface area contributed by atoms with Crippen LogP contribution in [0.2, 0.25) is 0 Å². The first kappa shape index (κ1) is 30.7. The van der Waals surface area contributed by atoms with Crippen molar-refractivity contribution in [3.05, 3.63) is 84.4 Å². The Balaban J connectivity index is 1.57. The van der Waals surface area contributed by atoms with Crippen LogP contribution in [0.15, 0.2) is 78.9 Å². The van der Waals surface area contributed by atoms with Crippen LogP contribution in [0.25, 0.3) is 22.3 Å². The number of primary amides is 2. The minimum absolute atomic E-state index is 0.00314. The van der Waals surface area contributed by atoms with E-state index in [1.807, 2.05) is 42.5 Å². The molecular weight excluding hydrogens is 522 g/mol. The van der Waals surface area contributed by atoms with E-state index in [-0.39, 0.29) is 38.5 Å². The molecule has 0 heterocycles. The van der Waals surface area contributed by atoms with Gasteiger partial charge in [-0.15, -0.1) is 0 Å². The number of aryl methyl sites for hydroxylation is 1. The van der Waals surface area contributed by atoms with Crippen LogP contribution in [-0.4, -0.2) is 40.6 Å². The molecule has 2 atom stereocenters. The lowest BCUT2D eigenvalue weighted by Crippen LogP contribution is -2.43. The van der Waals surface area contributed by atoms with Crippen molar-refractivity contribution >= 4 is 29.5 Å². The maximum atomic E-state index is 12.9. The summed E-state index contributed by atoms with van der Waals surface area (Å²) in [6.45, 7) is 0. The number of benzene rings is 3. The molecule has 41 heavy (non-hydrogen) atoms. The van der Waals surface area contributed by atoms with Crippen molar-refractivity contribution in [2.45, 2.75) is 51.0 Å². The van der Waals surface area contributed by atoms with E-state index in [0.717, 1.165) is 27.8 Å². The van der Waals surface area contributed by atoms with E-state index in [4.69, 9.17) is 16.6 Å². The minimum atomic E-state index is -1.12. The lowest BCUT2D eigenvalue weighted by Gasteiger charge is -2.20. The highest BCUT2D eigenvalue weighted by molar-refractivity contribution is 5.92. The number of nitrogens with two attached hydrogens (primary N) is 2. The fourth-order valence-corrected chi connectivity index (χ4v) is 4.50. The van der Waals surface area contributed by atoms with Crippen molar-refractivity contribution in [1.29, 1.82) is 0 Å². The van der Waals surface area contributed by atoms with Crippen molar-refractivity contribution in [3.8, 4) is 22.3 Å². The third-order valence-corrected chi connectivity index (χ3v) is 6.88. The van der Waals surface area contributed by atoms with Crippen LogP contribution < -0.4 is 16.8 Å². The van der Waals surface area contributed by atoms with Crippen LogP contribution in [0.5, 0.6) is 0 Å². The molecule has 0 bridgehead atoms. The summed E-state index contributed by atoms with van der Waals surface area (Å²) in [4.78, 5) is 59.5. The molecule has 214 valence electrons. The topological polar surface area (TPSA) is 170 Å². The Hall–Kier alpha value is -4.79. The second-order valence-corrected chi connectivity index (χ2v) is 9.97. The van der Waals surface area contributed by atoms with Gasteiger partial charge < -0.3 is 21.9 Å². The Morgan fingerprint density at radius 3 is 1.73 bits per heavy atom. The number of ketones is 1. The smallest absolute Gasteiger partial charge is 0.303 e. The van der Waals surface area contributed by atoms with Crippen LogP contribution in [0.1, 0.15) is 44.1 Å². The number of carbonyl (C=O) groups is 5. The zero-order valence-corrected chi connectivity index (χ0v) is 22.8. The fourth-order valence-electron chi connectivity index (χ4n) is 4.50. The molecule has 0 fully saturated rings. The van der Waals surface area contributed by atoms with Crippen LogP contribution in [0.4, 0.5) is 0 Å². The van der Waals surface area contributed by atoms with E-state index >= 15 is 0 Å².